The number of hydrogen-bond donors (Lipinski definition) is 1. The van der Waals surface area contributed by atoms with Crippen LogP contribution in [0, 0.1) is 17.7 Å². The first-order valence-corrected chi connectivity index (χ1v) is 12.0. The van der Waals surface area contributed by atoms with Crippen molar-refractivity contribution >= 4 is 21.9 Å². The third kappa shape index (κ3) is 6.23. The molecule has 1 amide bonds. The fourth-order valence-corrected chi connectivity index (χ4v) is 4.93. The van der Waals surface area contributed by atoms with Crippen molar-refractivity contribution in [3.05, 3.63) is 59.9 Å². The number of aromatic nitrogens is 2. The molecule has 176 valence electrons. The molecule has 33 heavy (non-hydrogen) atoms. The Balaban J connectivity index is 1.73. The van der Waals surface area contributed by atoms with E-state index < -0.39 is 21.7 Å². The van der Waals surface area contributed by atoms with Crippen molar-refractivity contribution in [1.29, 1.82) is 0 Å². The van der Waals surface area contributed by atoms with Crippen molar-refractivity contribution in [2.24, 2.45) is 11.8 Å². The molecule has 0 saturated carbocycles. The number of nitrogens with zero attached hydrogens (tertiary/aromatic N) is 3. The van der Waals surface area contributed by atoms with Crippen molar-refractivity contribution in [2.45, 2.75) is 32.6 Å². The predicted molar refractivity (Wildman–Crippen MR) is 123 cm³/mol. The first-order chi connectivity index (χ1) is 15.6. The van der Waals surface area contributed by atoms with E-state index in [9.17, 15) is 17.6 Å². The van der Waals surface area contributed by atoms with Crippen LogP contribution in [0.3, 0.4) is 0 Å². The molecule has 0 unspecified atom stereocenters. The molecule has 8 nitrogen and oxygen atoms in total. The average molecular weight is 475 g/mol. The number of anilines is 1. The van der Waals surface area contributed by atoms with Crippen molar-refractivity contribution in [1.82, 2.24) is 14.5 Å². The minimum atomic E-state index is -3.69. The largest absolute Gasteiger partial charge is 0.403 e. The summed E-state index contributed by atoms with van der Waals surface area (Å²) in [6, 6.07) is 11.0. The Morgan fingerprint density at radius 1 is 0.970 bits per heavy atom. The Bertz CT molecular complexity index is 1180. The molecule has 3 aromatic rings. The molecule has 10 heteroatoms. The van der Waals surface area contributed by atoms with Gasteiger partial charge in [-0.15, -0.1) is 5.10 Å². The van der Waals surface area contributed by atoms with E-state index in [4.69, 9.17) is 4.42 Å². The molecule has 0 atom stereocenters. The first-order valence-electron chi connectivity index (χ1n) is 10.6. The Morgan fingerprint density at radius 3 is 2.09 bits per heavy atom. The van der Waals surface area contributed by atoms with Crippen LogP contribution in [-0.2, 0) is 10.0 Å². The van der Waals surface area contributed by atoms with E-state index in [1.165, 1.54) is 52.8 Å². The Morgan fingerprint density at radius 2 is 1.55 bits per heavy atom. The van der Waals surface area contributed by atoms with Crippen LogP contribution in [0.2, 0.25) is 0 Å². The fraction of sp³-hybridized carbons (Fsp3) is 0.348. The highest BCUT2D eigenvalue weighted by Crippen LogP contribution is 2.22. The van der Waals surface area contributed by atoms with Crippen LogP contribution in [0.25, 0.3) is 11.5 Å². The lowest BCUT2D eigenvalue weighted by molar-refractivity contribution is 0.102. The SMILES string of the molecule is CC(C)CN(CC(C)C)S(=O)(=O)c1ccc(C(=O)Nc2nnc(-c3ccc(F)cc3)o2)cc1. The number of carbonyl (C=O) groups excluding carboxylic acids is 1. The second-order valence-corrected chi connectivity index (χ2v) is 10.4. The zero-order chi connectivity index (χ0) is 24.2. The highest BCUT2D eigenvalue weighted by molar-refractivity contribution is 7.89. The normalized spacial score (nSPS) is 12.0. The molecule has 1 heterocycles. The van der Waals surface area contributed by atoms with Gasteiger partial charge in [-0.2, -0.15) is 4.31 Å². The van der Waals surface area contributed by atoms with E-state index >= 15 is 0 Å². The van der Waals surface area contributed by atoms with Crippen LogP contribution >= 0.6 is 0 Å². The number of benzene rings is 2. The van der Waals surface area contributed by atoms with Crippen molar-refractivity contribution in [2.75, 3.05) is 18.4 Å². The highest BCUT2D eigenvalue weighted by Gasteiger charge is 2.26. The molecule has 0 radical (unpaired) electrons. The quantitative estimate of drug-likeness (QED) is 0.492. The van der Waals surface area contributed by atoms with E-state index in [-0.39, 0.29) is 34.2 Å². The van der Waals surface area contributed by atoms with Crippen molar-refractivity contribution in [3.8, 4) is 11.5 Å². The maximum Gasteiger partial charge on any atom is 0.322 e. The molecule has 0 aliphatic rings. The predicted octanol–water partition coefficient (Wildman–Crippen LogP) is 4.43. The van der Waals surface area contributed by atoms with Gasteiger partial charge < -0.3 is 4.42 Å². The van der Waals surface area contributed by atoms with Gasteiger partial charge in [-0.3, -0.25) is 10.1 Å². The smallest absolute Gasteiger partial charge is 0.322 e. The minimum absolute atomic E-state index is 0.122. The second kappa shape index (κ2) is 10.2. The molecule has 3 rings (SSSR count). The zero-order valence-corrected chi connectivity index (χ0v) is 19.8. The Hall–Kier alpha value is -3.11. The maximum atomic E-state index is 13.1. The molecular formula is C23H27FN4O4S. The summed E-state index contributed by atoms with van der Waals surface area (Å²) in [5, 5.41) is 10.1. The van der Waals surface area contributed by atoms with Gasteiger partial charge in [0.05, 0.1) is 4.90 Å². The maximum absolute atomic E-state index is 13.1. The summed E-state index contributed by atoms with van der Waals surface area (Å²) >= 11 is 0. The third-order valence-corrected chi connectivity index (χ3v) is 6.47. The number of amides is 1. The van der Waals surface area contributed by atoms with E-state index in [0.717, 1.165) is 0 Å². The third-order valence-electron chi connectivity index (χ3n) is 4.63. The Labute approximate surface area is 192 Å². The number of rotatable bonds is 9. The molecule has 0 fully saturated rings. The van der Waals surface area contributed by atoms with E-state index in [1.54, 1.807) is 0 Å². The second-order valence-electron chi connectivity index (χ2n) is 8.51. The van der Waals surface area contributed by atoms with Crippen LogP contribution in [0.1, 0.15) is 38.1 Å². The van der Waals surface area contributed by atoms with E-state index in [1.807, 2.05) is 27.7 Å². The lowest BCUT2D eigenvalue weighted by Crippen LogP contribution is -2.37. The summed E-state index contributed by atoms with van der Waals surface area (Å²) in [7, 11) is -3.69. The van der Waals surface area contributed by atoms with Crippen molar-refractivity contribution < 1.29 is 22.0 Å². The Kier molecular flexibility index (Phi) is 7.60. The van der Waals surface area contributed by atoms with E-state index in [0.29, 0.717) is 18.7 Å². The van der Waals surface area contributed by atoms with Crippen LogP contribution in [-0.4, -0.2) is 41.9 Å². The van der Waals surface area contributed by atoms with Gasteiger partial charge in [-0.05, 0) is 60.4 Å². The molecular weight excluding hydrogens is 447 g/mol. The van der Waals surface area contributed by atoms with Gasteiger partial charge in [-0.1, -0.05) is 32.8 Å². The monoisotopic (exact) mass is 474 g/mol. The molecule has 0 aliphatic heterocycles. The van der Waals surface area contributed by atoms with Gasteiger partial charge >= 0.3 is 6.01 Å². The molecule has 1 aromatic heterocycles. The fourth-order valence-electron chi connectivity index (χ4n) is 3.16. The number of nitrogens with one attached hydrogen (secondary N) is 1. The summed E-state index contributed by atoms with van der Waals surface area (Å²) < 4.78 is 46.2. The van der Waals surface area contributed by atoms with Gasteiger partial charge in [0.15, 0.2) is 0 Å². The minimum Gasteiger partial charge on any atom is -0.403 e. The number of halogens is 1. The van der Waals surface area contributed by atoms with Gasteiger partial charge in [0.2, 0.25) is 15.9 Å². The average Bonchev–Trinajstić information content (AvgIpc) is 3.21. The standard InChI is InChI=1S/C23H27FN4O4S/c1-15(2)13-28(14-16(3)4)33(30,31)20-11-7-17(8-12-20)21(29)25-23-27-26-22(32-23)18-5-9-19(24)10-6-18/h5-12,15-16H,13-14H2,1-4H3,(H,25,27,29). The summed E-state index contributed by atoms with van der Waals surface area (Å²) in [6.45, 7) is 8.70. The molecule has 0 aliphatic carbocycles. The van der Waals surface area contributed by atoms with Crippen LogP contribution in [0.5, 0.6) is 0 Å². The molecule has 0 spiro atoms. The summed E-state index contributed by atoms with van der Waals surface area (Å²) in [5.41, 5.74) is 0.737. The van der Waals surface area contributed by atoms with Gasteiger partial charge in [0.1, 0.15) is 5.82 Å². The van der Waals surface area contributed by atoms with Gasteiger partial charge in [-0.25, -0.2) is 12.8 Å². The van der Waals surface area contributed by atoms with Crippen LogP contribution in [0.15, 0.2) is 57.8 Å². The lowest BCUT2D eigenvalue weighted by Gasteiger charge is -2.25. The van der Waals surface area contributed by atoms with E-state index in [2.05, 4.69) is 15.5 Å². The van der Waals surface area contributed by atoms with Crippen molar-refractivity contribution in [3.63, 3.8) is 0 Å². The van der Waals surface area contributed by atoms with Crippen LogP contribution in [0.4, 0.5) is 10.4 Å². The summed E-state index contributed by atoms with van der Waals surface area (Å²) in [5.74, 6) is -0.444. The molecule has 0 bridgehead atoms. The number of sulfonamides is 1. The summed E-state index contributed by atoms with van der Waals surface area (Å²) in [4.78, 5) is 12.7. The lowest BCUT2D eigenvalue weighted by atomic mass is 10.2. The molecule has 0 saturated heterocycles. The number of carbonyl (C=O) groups is 1. The van der Waals surface area contributed by atoms with Crippen LogP contribution < -0.4 is 5.32 Å². The molecule has 1 N–H and O–H groups in total. The topological polar surface area (TPSA) is 105 Å². The highest BCUT2D eigenvalue weighted by atomic mass is 32.2. The van der Waals surface area contributed by atoms with Gasteiger partial charge in [0.25, 0.3) is 5.91 Å². The first kappa shape index (κ1) is 24.5. The zero-order valence-electron chi connectivity index (χ0n) is 18.9. The van der Waals surface area contributed by atoms with Gasteiger partial charge in [0, 0.05) is 24.2 Å². The number of hydrogen-bond acceptors (Lipinski definition) is 6. The summed E-state index contributed by atoms with van der Waals surface area (Å²) in [6.07, 6.45) is 0. The molecule has 2 aromatic carbocycles.